The van der Waals surface area contributed by atoms with Crippen LogP contribution in [0.15, 0.2) is 29.2 Å². The van der Waals surface area contributed by atoms with Gasteiger partial charge in [0, 0.05) is 13.1 Å². The number of H-pyrrole nitrogens is 1. The molecule has 114 valence electrons. The second-order valence-corrected chi connectivity index (χ2v) is 5.53. The van der Waals surface area contributed by atoms with Gasteiger partial charge in [0.2, 0.25) is 5.95 Å². The van der Waals surface area contributed by atoms with Crippen molar-refractivity contribution in [3.05, 3.63) is 50.4 Å². The zero-order valence-electron chi connectivity index (χ0n) is 11.7. The summed E-state index contributed by atoms with van der Waals surface area (Å²) in [5.74, 6) is 0.388. The Hall–Kier alpha value is -2.05. The van der Waals surface area contributed by atoms with Gasteiger partial charge in [0.15, 0.2) is 5.52 Å². The maximum Gasteiger partial charge on any atom is 0.278 e. The summed E-state index contributed by atoms with van der Waals surface area (Å²) in [5.41, 5.74) is 1.74. The molecule has 0 spiro atoms. The third-order valence-electron chi connectivity index (χ3n) is 3.24. The molecule has 0 aliphatic heterocycles. The summed E-state index contributed by atoms with van der Waals surface area (Å²) in [4.78, 5) is 19.2. The van der Waals surface area contributed by atoms with Crippen LogP contribution in [0.5, 0.6) is 0 Å². The van der Waals surface area contributed by atoms with E-state index in [1.807, 2.05) is 13.0 Å². The molecule has 2 N–H and O–H groups in total. The van der Waals surface area contributed by atoms with Crippen molar-refractivity contribution in [3.8, 4) is 0 Å². The Morgan fingerprint density at radius 1 is 1.32 bits per heavy atom. The number of benzene rings is 1. The Kier molecular flexibility index (Phi) is 4.04. The standard InChI is InChI=1S/C14H13Cl2N5O/c1-2-21-12-11(7-18-21)19-14(20-13(12)22)17-6-8-3-4-9(15)10(16)5-8/h3-5,7H,2,6H2,1H3,(H2,17,19,20,22). The Bertz CT molecular complexity index is 887. The second-order valence-electron chi connectivity index (χ2n) is 4.71. The van der Waals surface area contributed by atoms with Crippen molar-refractivity contribution in [1.29, 1.82) is 0 Å². The summed E-state index contributed by atoms with van der Waals surface area (Å²) in [6.07, 6.45) is 1.58. The first-order valence-electron chi connectivity index (χ1n) is 6.72. The highest BCUT2D eigenvalue weighted by Gasteiger charge is 2.09. The van der Waals surface area contributed by atoms with Gasteiger partial charge in [-0.15, -0.1) is 0 Å². The van der Waals surface area contributed by atoms with E-state index in [1.165, 1.54) is 0 Å². The lowest BCUT2D eigenvalue weighted by molar-refractivity contribution is 0.681. The Labute approximate surface area is 136 Å². The molecule has 0 saturated carbocycles. The van der Waals surface area contributed by atoms with Crippen LogP contribution in [-0.2, 0) is 13.1 Å². The summed E-state index contributed by atoms with van der Waals surface area (Å²) in [6.45, 7) is 3.00. The highest BCUT2D eigenvalue weighted by Crippen LogP contribution is 2.22. The van der Waals surface area contributed by atoms with Crippen LogP contribution in [0, 0.1) is 0 Å². The van der Waals surface area contributed by atoms with E-state index in [0.717, 1.165) is 5.56 Å². The molecule has 1 aromatic carbocycles. The highest BCUT2D eigenvalue weighted by atomic mass is 35.5. The molecule has 0 amide bonds. The molecule has 8 heteroatoms. The number of aromatic nitrogens is 4. The molecule has 0 aliphatic rings. The van der Waals surface area contributed by atoms with E-state index < -0.39 is 0 Å². The van der Waals surface area contributed by atoms with Crippen molar-refractivity contribution in [3.63, 3.8) is 0 Å². The molecule has 0 fully saturated rings. The molecule has 0 radical (unpaired) electrons. The fourth-order valence-electron chi connectivity index (χ4n) is 2.16. The Morgan fingerprint density at radius 2 is 2.14 bits per heavy atom. The van der Waals surface area contributed by atoms with Gasteiger partial charge in [-0.2, -0.15) is 5.10 Å². The predicted octanol–water partition coefficient (Wildman–Crippen LogP) is 3.06. The van der Waals surface area contributed by atoms with Gasteiger partial charge in [0.25, 0.3) is 5.56 Å². The van der Waals surface area contributed by atoms with E-state index in [1.54, 1.807) is 23.0 Å². The predicted molar refractivity (Wildman–Crippen MR) is 87.6 cm³/mol. The van der Waals surface area contributed by atoms with Gasteiger partial charge in [-0.3, -0.25) is 14.5 Å². The molecule has 0 saturated heterocycles. The normalized spacial score (nSPS) is 11.0. The summed E-state index contributed by atoms with van der Waals surface area (Å²) >= 11 is 11.9. The Balaban J connectivity index is 1.85. The average molecular weight is 338 g/mol. The number of rotatable bonds is 4. The monoisotopic (exact) mass is 337 g/mol. The minimum atomic E-state index is -0.221. The summed E-state index contributed by atoms with van der Waals surface area (Å²) in [6, 6.07) is 5.35. The first kappa shape index (κ1) is 14.9. The third-order valence-corrected chi connectivity index (χ3v) is 3.98. The van der Waals surface area contributed by atoms with Crippen molar-refractivity contribution < 1.29 is 0 Å². The molecular formula is C14H13Cl2N5O. The van der Waals surface area contributed by atoms with Gasteiger partial charge in [-0.25, -0.2) is 4.98 Å². The number of halogens is 2. The minimum absolute atomic E-state index is 0.221. The SMILES string of the molecule is CCn1ncc2nc(NCc3ccc(Cl)c(Cl)c3)[nH]c(=O)c21. The first-order chi connectivity index (χ1) is 10.6. The van der Waals surface area contributed by atoms with E-state index in [-0.39, 0.29) is 5.56 Å². The maximum absolute atomic E-state index is 12.1. The Morgan fingerprint density at radius 3 is 2.86 bits per heavy atom. The van der Waals surface area contributed by atoms with Gasteiger partial charge in [-0.1, -0.05) is 29.3 Å². The van der Waals surface area contributed by atoms with Crippen molar-refractivity contribution in [2.75, 3.05) is 5.32 Å². The third kappa shape index (κ3) is 2.80. The number of anilines is 1. The summed E-state index contributed by atoms with van der Waals surface area (Å²) in [5, 5.41) is 8.19. The van der Waals surface area contributed by atoms with Crippen LogP contribution in [0.1, 0.15) is 12.5 Å². The van der Waals surface area contributed by atoms with Crippen molar-refractivity contribution in [2.45, 2.75) is 20.0 Å². The van der Waals surface area contributed by atoms with Crippen LogP contribution in [0.2, 0.25) is 10.0 Å². The molecule has 22 heavy (non-hydrogen) atoms. The van der Waals surface area contributed by atoms with Crippen molar-refractivity contribution in [1.82, 2.24) is 19.7 Å². The number of hydrogen-bond donors (Lipinski definition) is 2. The fraction of sp³-hybridized carbons (Fsp3) is 0.214. The number of aryl methyl sites for hydroxylation is 1. The molecule has 2 heterocycles. The zero-order chi connectivity index (χ0) is 15.7. The molecule has 0 atom stereocenters. The molecule has 3 rings (SSSR count). The van der Waals surface area contributed by atoms with Crippen LogP contribution in [0.4, 0.5) is 5.95 Å². The molecular weight excluding hydrogens is 325 g/mol. The quantitative estimate of drug-likeness (QED) is 0.767. The number of hydrogen-bond acceptors (Lipinski definition) is 4. The smallest absolute Gasteiger partial charge is 0.278 e. The van der Waals surface area contributed by atoms with Gasteiger partial charge in [-0.05, 0) is 24.6 Å². The minimum Gasteiger partial charge on any atom is -0.352 e. The van der Waals surface area contributed by atoms with Crippen molar-refractivity contribution >= 4 is 40.2 Å². The van der Waals surface area contributed by atoms with Crippen LogP contribution in [0.3, 0.4) is 0 Å². The molecule has 0 unspecified atom stereocenters. The molecule has 0 bridgehead atoms. The lowest BCUT2D eigenvalue weighted by Crippen LogP contribution is -2.15. The number of nitrogens with zero attached hydrogens (tertiary/aromatic N) is 3. The second kappa shape index (κ2) is 5.98. The lowest BCUT2D eigenvalue weighted by atomic mass is 10.2. The van der Waals surface area contributed by atoms with E-state index in [2.05, 4.69) is 20.4 Å². The zero-order valence-corrected chi connectivity index (χ0v) is 13.2. The van der Waals surface area contributed by atoms with Gasteiger partial charge in [0.05, 0.1) is 16.2 Å². The van der Waals surface area contributed by atoms with Crippen LogP contribution >= 0.6 is 23.2 Å². The molecule has 6 nitrogen and oxygen atoms in total. The molecule has 2 aromatic heterocycles. The molecule has 0 aliphatic carbocycles. The van der Waals surface area contributed by atoms with E-state index in [9.17, 15) is 4.79 Å². The van der Waals surface area contributed by atoms with E-state index >= 15 is 0 Å². The van der Waals surface area contributed by atoms with E-state index in [0.29, 0.717) is 40.1 Å². The topological polar surface area (TPSA) is 75.6 Å². The average Bonchev–Trinajstić information content (AvgIpc) is 2.92. The fourth-order valence-corrected chi connectivity index (χ4v) is 2.49. The molecule has 3 aromatic rings. The maximum atomic E-state index is 12.1. The summed E-state index contributed by atoms with van der Waals surface area (Å²) < 4.78 is 1.61. The number of aromatic amines is 1. The van der Waals surface area contributed by atoms with E-state index in [4.69, 9.17) is 23.2 Å². The van der Waals surface area contributed by atoms with Crippen molar-refractivity contribution in [2.24, 2.45) is 0 Å². The van der Waals surface area contributed by atoms with Crippen LogP contribution < -0.4 is 10.9 Å². The summed E-state index contributed by atoms with van der Waals surface area (Å²) in [7, 11) is 0. The van der Waals surface area contributed by atoms with Gasteiger partial charge < -0.3 is 5.32 Å². The van der Waals surface area contributed by atoms with Gasteiger partial charge >= 0.3 is 0 Å². The first-order valence-corrected chi connectivity index (χ1v) is 7.47. The number of nitrogens with one attached hydrogen (secondary N) is 2. The largest absolute Gasteiger partial charge is 0.352 e. The van der Waals surface area contributed by atoms with Crippen LogP contribution in [-0.4, -0.2) is 19.7 Å². The van der Waals surface area contributed by atoms with Crippen LogP contribution in [0.25, 0.3) is 11.0 Å². The lowest BCUT2D eigenvalue weighted by Gasteiger charge is -2.07. The van der Waals surface area contributed by atoms with Gasteiger partial charge in [0.1, 0.15) is 5.52 Å². The highest BCUT2D eigenvalue weighted by molar-refractivity contribution is 6.42. The number of fused-ring (bicyclic) bond motifs is 1.